The molecule has 0 amide bonds. The molecule has 0 saturated carbocycles. The summed E-state index contributed by atoms with van der Waals surface area (Å²) in [4.78, 5) is 16.6. The molecule has 0 aliphatic carbocycles. The highest BCUT2D eigenvalue weighted by molar-refractivity contribution is 6.30. The molecule has 0 radical (unpaired) electrons. The number of nitriles is 1. The quantitative estimate of drug-likeness (QED) is 0.918. The number of carboxylic acid groups (broad SMARTS) is 1. The van der Waals surface area contributed by atoms with Gasteiger partial charge in [-0.25, -0.2) is 4.98 Å². The molecule has 0 spiro atoms. The zero-order valence-corrected chi connectivity index (χ0v) is 11.8. The summed E-state index contributed by atoms with van der Waals surface area (Å²) < 4.78 is 0. The zero-order chi connectivity index (χ0) is 15.2. The van der Waals surface area contributed by atoms with Crippen molar-refractivity contribution in [1.82, 2.24) is 4.98 Å². The first-order valence-corrected chi connectivity index (χ1v) is 6.53. The molecule has 6 heteroatoms. The fourth-order valence-corrected chi connectivity index (χ4v) is 2.11. The maximum atomic E-state index is 11.0. The number of pyridine rings is 1. The van der Waals surface area contributed by atoms with E-state index < -0.39 is 5.97 Å². The SMILES string of the molecule is N#Cc1cc(CN(CC(=O)O)c2cccc(Cl)c2)ccn1. The van der Waals surface area contributed by atoms with Gasteiger partial charge < -0.3 is 10.0 Å². The third-order valence-corrected chi connectivity index (χ3v) is 3.05. The molecule has 1 aromatic carbocycles. The Kier molecular flexibility index (Phi) is 4.75. The smallest absolute Gasteiger partial charge is 0.323 e. The maximum Gasteiger partial charge on any atom is 0.323 e. The number of benzene rings is 1. The van der Waals surface area contributed by atoms with Crippen LogP contribution in [0, 0.1) is 11.3 Å². The molecule has 1 heterocycles. The molecule has 0 atom stereocenters. The average Bonchev–Trinajstić information content (AvgIpc) is 2.46. The van der Waals surface area contributed by atoms with Crippen molar-refractivity contribution in [2.24, 2.45) is 0 Å². The van der Waals surface area contributed by atoms with Crippen molar-refractivity contribution in [3.63, 3.8) is 0 Å². The minimum absolute atomic E-state index is 0.162. The third-order valence-electron chi connectivity index (χ3n) is 2.81. The van der Waals surface area contributed by atoms with Crippen LogP contribution in [0.1, 0.15) is 11.3 Å². The fourth-order valence-electron chi connectivity index (χ4n) is 1.93. The first-order chi connectivity index (χ1) is 10.1. The summed E-state index contributed by atoms with van der Waals surface area (Å²) in [6.45, 7) is 0.189. The number of rotatable bonds is 5. The van der Waals surface area contributed by atoms with Gasteiger partial charge in [-0.3, -0.25) is 4.79 Å². The van der Waals surface area contributed by atoms with E-state index in [1.54, 1.807) is 41.3 Å². The highest BCUT2D eigenvalue weighted by Gasteiger charge is 2.12. The van der Waals surface area contributed by atoms with Gasteiger partial charge in [0, 0.05) is 23.5 Å². The van der Waals surface area contributed by atoms with Crippen molar-refractivity contribution in [2.75, 3.05) is 11.4 Å². The Morgan fingerprint density at radius 1 is 1.38 bits per heavy atom. The molecule has 0 unspecified atom stereocenters. The number of anilines is 1. The number of hydrogen-bond donors (Lipinski definition) is 1. The van der Waals surface area contributed by atoms with Gasteiger partial charge in [0.2, 0.25) is 0 Å². The summed E-state index contributed by atoms with van der Waals surface area (Å²) >= 11 is 5.95. The van der Waals surface area contributed by atoms with Crippen molar-refractivity contribution >= 4 is 23.3 Å². The van der Waals surface area contributed by atoms with Gasteiger partial charge in [-0.05, 0) is 35.9 Å². The molecule has 1 aromatic heterocycles. The number of carboxylic acids is 1. The number of hydrogen-bond acceptors (Lipinski definition) is 4. The normalized spacial score (nSPS) is 9.90. The molecular weight excluding hydrogens is 290 g/mol. The van der Waals surface area contributed by atoms with Crippen LogP contribution < -0.4 is 4.90 Å². The molecule has 21 heavy (non-hydrogen) atoms. The summed E-state index contributed by atoms with van der Waals surface area (Å²) in [5, 5.41) is 18.4. The Labute approximate surface area is 127 Å². The second-order valence-corrected chi connectivity index (χ2v) is 4.83. The minimum atomic E-state index is -0.940. The lowest BCUT2D eigenvalue weighted by molar-refractivity contribution is -0.135. The molecule has 0 saturated heterocycles. The van der Waals surface area contributed by atoms with Crippen molar-refractivity contribution in [3.8, 4) is 6.07 Å². The van der Waals surface area contributed by atoms with Crippen LogP contribution >= 0.6 is 11.6 Å². The average molecular weight is 302 g/mol. The van der Waals surface area contributed by atoms with E-state index in [1.165, 1.54) is 6.20 Å². The van der Waals surface area contributed by atoms with Crippen LogP contribution in [0.15, 0.2) is 42.6 Å². The van der Waals surface area contributed by atoms with E-state index in [0.717, 1.165) is 5.56 Å². The van der Waals surface area contributed by atoms with Crippen LogP contribution in [-0.4, -0.2) is 22.6 Å². The first-order valence-electron chi connectivity index (χ1n) is 6.16. The van der Waals surface area contributed by atoms with E-state index in [-0.39, 0.29) is 6.54 Å². The van der Waals surface area contributed by atoms with Gasteiger partial charge in [0.05, 0.1) is 0 Å². The van der Waals surface area contributed by atoms with Gasteiger partial charge in [0.1, 0.15) is 18.3 Å². The second kappa shape index (κ2) is 6.73. The van der Waals surface area contributed by atoms with E-state index in [4.69, 9.17) is 22.0 Å². The molecule has 2 rings (SSSR count). The third kappa shape index (κ3) is 4.20. The van der Waals surface area contributed by atoms with Crippen LogP contribution in [0.25, 0.3) is 0 Å². The van der Waals surface area contributed by atoms with Gasteiger partial charge >= 0.3 is 5.97 Å². The topological polar surface area (TPSA) is 77.2 Å². The highest BCUT2D eigenvalue weighted by atomic mass is 35.5. The lowest BCUT2D eigenvalue weighted by Gasteiger charge is -2.23. The standard InChI is InChI=1S/C15H12ClN3O2/c16-12-2-1-3-14(7-12)19(10-15(20)21)9-11-4-5-18-13(6-11)8-17/h1-7H,9-10H2,(H,20,21). The number of aliphatic carboxylic acids is 1. The van der Waals surface area contributed by atoms with Crippen LogP contribution in [0.5, 0.6) is 0 Å². The molecule has 2 aromatic rings. The fraction of sp³-hybridized carbons (Fsp3) is 0.133. The van der Waals surface area contributed by atoms with Crippen LogP contribution in [0.4, 0.5) is 5.69 Å². The number of halogens is 1. The number of aromatic nitrogens is 1. The van der Waals surface area contributed by atoms with Gasteiger partial charge in [0.25, 0.3) is 0 Å². The lowest BCUT2D eigenvalue weighted by atomic mass is 10.2. The molecule has 0 bridgehead atoms. The van der Waals surface area contributed by atoms with Gasteiger partial charge in [-0.1, -0.05) is 17.7 Å². The predicted molar refractivity (Wildman–Crippen MR) is 79.1 cm³/mol. The van der Waals surface area contributed by atoms with E-state index in [0.29, 0.717) is 22.9 Å². The van der Waals surface area contributed by atoms with Crippen LogP contribution in [0.3, 0.4) is 0 Å². The van der Waals surface area contributed by atoms with Crippen molar-refractivity contribution in [3.05, 3.63) is 58.9 Å². The molecule has 5 nitrogen and oxygen atoms in total. The summed E-state index contributed by atoms with van der Waals surface area (Å²) in [6, 6.07) is 12.3. The van der Waals surface area contributed by atoms with Crippen molar-refractivity contribution in [1.29, 1.82) is 5.26 Å². The van der Waals surface area contributed by atoms with Crippen molar-refractivity contribution in [2.45, 2.75) is 6.54 Å². The molecular formula is C15H12ClN3O2. The summed E-state index contributed by atoms with van der Waals surface area (Å²) in [5.41, 5.74) is 1.82. The van der Waals surface area contributed by atoms with Gasteiger partial charge in [0.15, 0.2) is 0 Å². The maximum absolute atomic E-state index is 11.0. The summed E-state index contributed by atoms with van der Waals surface area (Å²) in [7, 11) is 0. The van der Waals surface area contributed by atoms with E-state index in [9.17, 15) is 4.79 Å². The second-order valence-electron chi connectivity index (χ2n) is 4.39. The first kappa shape index (κ1) is 14.8. The predicted octanol–water partition coefficient (Wildman–Crippen LogP) is 2.70. The monoisotopic (exact) mass is 301 g/mol. The Morgan fingerprint density at radius 2 is 2.19 bits per heavy atom. The van der Waals surface area contributed by atoms with Gasteiger partial charge in [-0.2, -0.15) is 5.26 Å². The van der Waals surface area contributed by atoms with E-state index in [1.807, 2.05) is 6.07 Å². The summed E-state index contributed by atoms with van der Waals surface area (Å²) in [5.74, 6) is -0.940. The Balaban J connectivity index is 2.28. The molecule has 106 valence electrons. The minimum Gasteiger partial charge on any atom is -0.480 e. The van der Waals surface area contributed by atoms with Gasteiger partial charge in [-0.15, -0.1) is 0 Å². The Hall–Kier alpha value is -2.58. The van der Waals surface area contributed by atoms with E-state index >= 15 is 0 Å². The largest absolute Gasteiger partial charge is 0.480 e. The van der Waals surface area contributed by atoms with Crippen molar-refractivity contribution < 1.29 is 9.90 Å². The molecule has 1 N–H and O–H groups in total. The Morgan fingerprint density at radius 3 is 2.86 bits per heavy atom. The highest BCUT2D eigenvalue weighted by Crippen LogP contribution is 2.21. The van der Waals surface area contributed by atoms with E-state index in [2.05, 4.69) is 4.98 Å². The number of carbonyl (C=O) groups is 1. The Bertz CT molecular complexity index is 697. The van der Waals surface area contributed by atoms with Crippen LogP contribution in [0.2, 0.25) is 5.02 Å². The molecule has 0 fully saturated rings. The molecule has 0 aliphatic rings. The zero-order valence-electron chi connectivity index (χ0n) is 11.0. The number of nitrogens with zero attached hydrogens (tertiary/aromatic N) is 3. The lowest BCUT2D eigenvalue weighted by Crippen LogP contribution is -2.29. The van der Waals surface area contributed by atoms with Crippen LogP contribution in [-0.2, 0) is 11.3 Å². The molecule has 0 aliphatic heterocycles. The summed E-state index contributed by atoms with van der Waals surface area (Å²) in [6.07, 6.45) is 1.53.